The van der Waals surface area contributed by atoms with Crippen LogP contribution in [-0.2, 0) is 0 Å². The summed E-state index contributed by atoms with van der Waals surface area (Å²) in [4.78, 5) is 0. The Hall–Kier alpha value is -0.690. The van der Waals surface area contributed by atoms with Crippen LogP contribution in [0.25, 0.3) is 0 Å². The van der Waals surface area contributed by atoms with Crippen molar-refractivity contribution in [2.24, 2.45) is 0 Å². The van der Waals surface area contributed by atoms with Crippen molar-refractivity contribution in [3.63, 3.8) is 0 Å². The Morgan fingerprint density at radius 1 is 1.50 bits per heavy atom. The van der Waals surface area contributed by atoms with E-state index in [-0.39, 0.29) is 0 Å². The Morgan fingerprint density at radius 3 is 2.70 bits per heavy atom. The van der Waals surface area contributed by atoms with Crippen molar-refractivity contribution < 1.29 is 4.74 Å². The molecule has 0 aliphatic carbocycles. The minimum absolute atomic E-state index is 0.594. The van der Waals surface area contributed by atoms with E-state index in [1.54, 1.807) is 13.2 Å². The molecule has 2 heteroatoms. The van der Waals surface area contributed by atoms with E-state index in [0.717, 1.165) is 11.3 Å². The number of halogens is 1. The Morgan fingerprint density at radius 2 is 2.20 bits per heavy atom. The molecule has 0 heterocycles. The van der Waals surface area contributed by atoms with Crippen molar-refractivity contribution in [2.75, 3.05) is 7.11 Å². The van der Waals surface area contributed by atoms with Crippen LogP contribution in [0.1, 0.15) is 5.56 Å². The van der Waals surface area contributed by atoms with Crippen molar-refractivity contribution >= 4 is 11.6 Å². The van der Waals surface area contributed by atoms with Gasteiger partial charge >= 0.3 is 0 Å². The molecule has 1 rings (SSSR count). The first-order chi connectivity index (χ1) is 4.72. The molecule has 10 heavy (non-hydrogen) atoms. The number of aryl methyl sites for hydroxylation is 1. The fraction of sp³-hybridized carbons (Fsp3) is 0.250. The minimum Gasteiger partial charge on any atom is -0.497 e. The van der Waals surface area contributed by atoms with Gasteiger partial charge in [-0.1, -0.05) is 11.6 Å². The molecule has 0 fully saturated rings. The van der Waals surface area contributed by atoms with Crippen LogP contribution in [0.4, 0.5) is 0 Å². The van der Waals surface area contributed by atoms with Crippen molar-refractivity contribution in [3.05, 3.63) is 28.8 Å². The Labute approximate surface area is 65.6 Å². The lowest BCUT2D eigenvalue weighted by molar-refractivity contribution is 0.414. The molecular formula is C8H8ClO. The van der Waals surface area contributed by atoms with Crippen molar-refractivity contribution in [1.82, 2.24) is 0 Å². The molecule has 0 aliphatic heterocycles. The number of hydrogen-bond donors (Lipinski definition) is 0. The van der Waals surface area contributed by atoms with Gasteiger partial charge < -0.3 is 4.74 Å². The molecule has 0 saturated heterocycles. The van der Waals surface area contributed by atoms with Gasteiger partial charge in [0, 0.05) is 6.07 Å². The Balaban J connectivity index is 3.06. The van der Waals surface area contributed by atoms with E-state index in [1.807, 2.05) is 13.0 Å². The summed E-state index contributed by atoms with van der Waals surface area (Å²) < 4.78 is 4.97. The largest absolute Gasteiger partial charge is 0.497 e. The first-order valence-corrected chi connectivity index (χ1v) is 3.33. The molecule has 0 spiro atoms. The molecule has 1 aromatic rings. The molecule has 0 bridgehead atoms. The van der Waals surface area contributed by atoms with Gasteiger partial charge in [-0.2, -0.15) is 0 Å². The molecule has 0 aromatic heterocycles. The van der Waals surface area contributed by atoms with Crippen LogP contribution in [0.15, 0.2) is 12.1 Å². The number of methoxy groups -OCH3 is 1. The highest BCUT2D eigenvalue weighted by molar-refractivity contribution is 6.30. The summed E-state index contributed by atoms with van der Waals surface area (Å²) in [7, 11) is 1.62. The first kappa shape index (κ1) is 7.42. The van der Waals surface area contributed by atoms with Gasteiger partial charge in [-0.15, -0.1) is 0 Å². The van der Waals surface area contributed by atoms with Crippen LogP contribution in [0.2, 0.25) is 5.02 Å². The van der Waals surface area contributed by atoms with Crippen LogP contribution < -0.4 is 4.74 Å². The predicted octanol–water partition coefficient (Wildman–Crippen LogP) is 2.46. The first-order valence-electron chi connectivity index (χ1n) is 2.96. The lowest BCUT2D eigenvalue weighted by Crippen LogP contribution is -1.83. The quantitative estimate of drug-likeness (QED) is 0.606. The normalized spacial score (nSPS) is 9.50. The molecule has 0 amide bonds. The average Bonchev–Trinajstić information content (AvgIpc) is 1.85. The second kappa shape index (κ2) is 2.93. The summed E-state index contributed by atoms with van der Waals surface area (Å²) in [6, 6.07) is 6.54. The van der Waals surface area contributed by atoms with E-state index in [0.29, 0.717) is 5.02 Å². The van der Waals surface area contributed by atoms with Gasteiger partial charge in [0.25, 0.3) is 0 Å². The Kier molecular flexibility index (Phi) is 2.17. The van der Waals surface area contributed by atoms with E-state index < -0.39 is 0 Å². The third-order valence-electron chi connectivity index (χ3n) is 1.18. The zero-order chi connectivity index (χ0) is 7.56. The smallest absolute Gasteiger partial charge is 0.120 e. The third-order valence-corrected chi connectivity index (χ3v) is 1.38. The summed E-state index contributed by atoms with van der Waals surface area (Å²) >= 11 is 5.69. The molecular weight excluding hydrogens is 148 g/mol. The molecule has 0 atom stereocenters. The summed E-state index contributed by atoms with van der Waals surface area (Å²) in [5.41, 5.74) is 0.990. The second-order valence-corrected chi connectivity index (χ2v) is 2.46. The summed E-state index contributed by atoms with van der Waals surface area (Å²) in [5, 5.41) is 0.594. The van der Waals surface area contributed by atoms with E-state index in [2.05, 4.69) is 6.07 Å². The van der Waals surface area contributed by atoms with E-state index in [4.69, 9.17) is 16.3 Å². The van der Waals surface area contributed by atoms with E-state index >= 15 is 0 Å². The minimum atomic E-state index is 0.594. The van der Waals surface area contributed by atoms with E-state index in [1.165, 1.54) is 0 Å². The van der Waals surface area contributed by atoms with E-state index in [9.17, 15) is 0 Å². The van der Waals surface area contributed by atoms with Crippen LogP contribution in [-0.4, -0.2) is 7.11 Å². The number of ether oxygens (including phenoxy) is 1. The maximum atomic E-state index is 5.69. The number of rotatable bonds is 1. The van der Waals surface area contributed by atoms with Crippen LogP contribution >= 0.6 is 11.6 Å². The zero-order valence-corrected chi connectivity index (χ0v) is 6.70. The van der Waals surface area contributed by atoms with Gasteiger partial charge in [0.15, 0.2) is 0 Å². The Bertz CT molecular complexity index is 212. The molecule has 1 radical (unpaired) electrons. The molecule has 1 nitrogen and oxygen atoms in total. The molecule has 0 unspecified atom stereocenters. The van der Waals surface area contributed by atoms with Gasteiger partial charge in [0.05, 0.1) is 12.1 Å². The number of benzene rings is 1. The summed E-state index contributed by atoms with van der Waals surface area (Å²) in [5.74, 6) is 0.779. The SMILES string of the molecule is COc1cc(C)[c]c(Cl)c1. The predicted molar refractivity (Wildman–Crippen MR) is 41.6 cm³/mol. The van der Waals surface area contributed by atoms with Crippen molar-refractivity contribution in [3.8, 4) is 5.75 Å². The van der Waals surface area contributed by atoms with Crippen LogP contribution in [0.5, 0.6) is 5.75 Å². The lowest BCUT2D eigenvalue weighted by Gasteiger charge is -2.00. The highest BCUT2D eigenvalue weighted by Crippen LogP contribution is 2.18. The highest BCUT2D eigenvalue weighted by Gasteiger charge is 1.94. The molecule has 0 saturated carbocycles. The number of hydrogen-bond acceptors (Lipinski definition) is 1. The average molecular weight is 156 g/mol. The fourth-order valence-electron chi connectivity index (χ4n) is 0.758. The van der Waals surface area contributed by atoms with Gasteiger partial charge in [0.2, 0.25) is 0 Å². The van der Waals surface area contributed by atoms with Crippen LogP contribution in [0.3, 0.4) is 0 Å². The van der Waals surface area contributed by atoms with Crippen LogP contribution in [0, 0.1) is 13.0 Å². The molecule has 0 aliphatic rings. The standard InChI is InChI=1S/C8H8ClO/c1-6-3-7(9)5-8(4-6)10-2/h4-5H,1-2H3. The van der Waals surface area contributed by atoms with Crippen molar-refractivity contribution in [1.29, 1.82) is 0 Å². The van der Waals surface area contributed by atoms with Gasteiger partial charge in [0.1, 0.15) is 5.75 Å². The summed E-state index contributed by atoms with van der Waals surface area (Å²) in [6.07, 6.45) is 0. The topological polar surface area (TPSA) is 9.23 Å². The van der Waals surface area contributed by atoms with Gasteiger partial charge in [-0.25, -0.2) is 0 Å². The summed E-state index contributed by atoms with van der Waals surface area (Å²) in [6.45, 7) is 1.92. The maximum absolute atomic E-state index is 5.69. The monoisotopic (exact) mass is 155 g/mol. The molecule has 0 N–H and O–H groups in total. The lowest BCUT2D eigenvalue weighted by atomic mass is 10.2. The van der Waals surface area contributed by atoms with Gasteiger partial charge in [-0.05, 0) is 24.6 Å². The third kappa shape index (κ3) is 1.64. The second-order valence-electron chi connectivity index (χ2n) is 2.05. The maximum Gasteiger partial charge on any atom is 0.120 e. The molecule has 1 aromatic carbocycles. The van der Waals surface area contributed by atoms with Crippen molar-refractivity contribution in [2.45, 2.75) is 6.92 Å². The molecule has 53 valence electrons. The highest BCUT2D eigenvalue weighted by atomic mass is 35.5. The van der Waals surface area contributed by atoms with Gasteiger partial charge in [-0.3, -0.25) is 0 Å². The zero-order valence-electron chi connectivity index (χ0n) is 5.94. The fourth-order valence-corrected chi connectivity index (χ4v) is 1.01.